The van der Waals surface area contributed by atoms with Crippen molar-refractivity contribution < 1.29 is 4.79 Å². The normalized spacial score (nSPS) is 10.7. The Kier molecular flexibility index (Phi) is 3.30. The van der Waals surface area contributed by atoms with Gasteiger partial charge in [-0.1, -0.05) is 6.07 Å². The fraction of sp³-hybridized carbons (Fsp3) is 0.167. The van der Waals surface area contributed by atoms with E-state index in [1.807, 2.05) is 29.6 Å². The Morgan fingerprint density at radius 3 is 3.00 bits per heavy atom. The smallest absolute Gasteiger partial charge is 0.314 e. The molecule has 0 saturated heterocycles. The number of nitrogens with zero attached hydrogens (tertiary/aromatic N) is 4. The van der Waals surface area contributed by atoms with Gasteiger partial charge in [-0.05, 0) is 23.6 Å². The predicted molar refractivity (Wildman–Crippen MR) is 75.4 cm³/mol. The summed E-state index contributed by atoms with van der Waals surface area (Å²) in [5.74, 6) is 0.585. The first-order chi connectivity index (χ1) is 9.78. The summed E-state index contributed by atoms with van der Waals surface area (Å²) >= 11 is 1.62. The average Bonchev–Trinajstić information content (AvgIpc) is 3.13. The van der Waals surface area contributed by atoms with E-state index in [0.29, 0.717) is 11.5 Å². The lowest BCUT2D eigenvalue weighted by Gasteiger charge is -2.03. The number of amides is 2. The van der Waals surface area contributed by atoms with Crippen LogP contribution in [0, 0.1) is 0 Å². The number of rotatable bonds is 3. The van der Waals surface area contributed by atoms with Crippen LogP contribution in [0.5, 0.6) is 0 Å². The molecule has 3 heterocycles. The van der Waals surface area contributed by atoms with Gasteiger partial charge in [-0.15, -0.1) is 21.5 Å². The van der Waals surface area contributed by atoms with Gasteiger partial charge in [0.2, 0.25) is 0 Å². The van der Waals surface area contributed by atoms with Gasteiger partial charge >= 0.3 is 6.03 Å². The van der Waals surface area contributed by atoms with Gasteiger partial charge in [0.15, 0.2) is 11.5 Å². The van der Waals surface area contributed by atoms with Crippen LogP contribution in [-0.4, -0.2) is 32.9 Å². The molecule has 0 aliphatic rings. The number of hydrogen-bond acceptors (Lipinski definition) is 5. The molecule has 102 valence electrons. The van der Waals surface area contributed by atoms with E-state index in [2.05, 4.69) is 25.9 Å². The highest BCUT2D eigenvalue weighted by atomic mass is 32.1. The first kappa shape index (κ1) is 12.5. The molecule has 0 radical (unpaired) electrons. The van der Waals surface area contributed by atoms with Gasteiger partial charge < -0.3 is 10.6 Å². The topological polar surface area (TPSA) is 84.2 Å². The van der Waals surface area contributed by atoms with E-state index in [1.165, 1.54) is 0 Å². The highest BCUT2D eigenvalue weighted by Crippen LogP contribution is 2.22. The van der Waals surface area contributed by atoms with E-state index in [1.54, 1.807) is 22.9 Å². The predicted octanol–water partition coefficient (Wildman–Crippen LogP) is 1.28. The average molecular weight is 288 g/mol. The van der Waals surface area contributed by atoms with Crippen molar-refractivity contribution in [3.8, 4) is 10.6 Å². The van der Waals surface area contributed by atoms with E-state index in [-0.39, 0.29) is 12.6 Å². The molecule has 2 N–H and O–H groups in total. The Labute approximate surface area is 118 Å². The second-order valence-corrected chi connectivity index (χ2v) is 4.96. The van der Waals surface area contributed by atoms with Crippen molar-refractivity contribution in [2.45, 2.75) is 6.54 Å². The minimum absolute atomic E-state index is 0.266. The van der Waals surface area contributed by atoms with Gasteiger partial charge in [0.1, 0.15) is 5.69 Å². The number of carbonyl (C=O) groups excluding carboxylic acids is 1. The van der Waals surface area contributed by atoms with Crippen LogP contribution in [-0.2, 0) is 6.54 Å². The van der Waals surface area contributed by atoms with Crippen molar-refractivity contribution in [3.05, 3.63) is 35.5 Å². The molecular formula is C12H12N6OS. The molecular weight excluding hydrogens is 276 g/mol. The number of thiophene rings is 1. The van der Waals surface area contributed by atoms with Crippen LogP contribution in [0.15, 0.2) is 29.6 Å². The molecule has 0 aromatic carbocycles. The SMILES string of the molecule is CNC(=O)NCc1nnc2ccc(-c3cccs3)nn12. The standard InChI is InChI=1S/C12H12N6OS/c1-13-12(19)14-7-11-16-15-10-5-4-8(17-18(10)11)9-3-2-6-20-9/h2-6H,7H2,1H3,(H2,13,14,19). The van der Waals surface area contributed by atoms with Crippen molar-refractivity contribution >= 4 is 23.0 Å². The first-order valence-corrected chi connectivity index (χ1v) is 6.86. The largest absolute Gasteiger partial charge is 0.341 e. The molecule has 0 atom stereocenters. The second-order valence-electron chi connectivity index (χ2n) is 4.01. The zero-order valence-electron chi connectivity index (χ0n) is 10.7. The summed E-state index contributed by atoms with van der Waals surface area (Å²) < 4.78 is 1.64. The Balaban J connectivity index is 1.93. The van der Waals surface area contributed by atoms with E-state index in [0.717, 1.165) is 10.6 Å². The van der Waals surface area contributed by atoms with Gasteiger partial charge in [0.05, 0.1) is 11.4 Å². The van der Waals surface area contributed by atoms with Crippen molar-refractivity contribution in [2.24, 2.45) is 0 Å². The Morgan fingerprint density at radius 2 is 2.25 bits per heavy atom. The van der Waals surface area contributed by atoms with Crippen LogP contribution in [0.3, 0.4) is 0 Å². The Hall–Kier alpha value is -2.48. The van der Waals surface area contributed by atoms with Crippen LogP contribution in [0.25, 0.3) is 16.2 Å². The summed E-state index contributed by atoms with van der Waals surface area (Å²) in [6.45, 7) is 0.266. The molecule has 3 rings (SSSR count). The monoisotopic (exact) mass is 288 g/mol. The highest BCUT2D eigenvalue weighted by molar-refractivity contribution is 7.13. The zero-order chi connectivity index (χ0) is 13.9. The second kappa shape index (κ2) is 5.25. The number of aromatic nitrogens is 4. The summed E-state index contributed by atoms with van der Waals surface area (Å²) in [5, 5.41) is 19.7. The van der Waals surface area contributed by atoms with Gasteiger partial charge in [-0.3, -0.25) is 0 Å². The molecule has 0 bridgehead atoms. The van der Waals surface area contributed by atoms with Crippen molar-refractivity contribution in [1.82, 2.24) is 30.4 Å². The molecule has 20 heavy (non-hydrogen) atoms. The van der Waals surface area contributed by atoms with Crippen LogP contribution in [0.1, 0.15) is 5.82 Å². The number of carbonyl (C=O) groups is 1. The van der Waals surface area contributed by atoms with Crippen LogP contribution < -0.4 is 10.6 Å². The van der Waals surface area contributed by atoms with E-state index < -0.39 is 0 Å². The zero-order valence-corrected chi connectivity index (χ0v) is 11.5. The third-order valence-electron chi connectivity index (χ3n) is 2.74. The molecule has 3 aromatic rings. The Morgan fingerprint density at radius 1 is 1.35 bits per heavy atom. The molecule has 0 fully saturated rings. The van der Waals surface area contributed by atoms with Crippen LogP contribution in [0.4, 0.5) is 4.79 Å². The van der Waals surface area contributed by atoms with Gasteiger partial charge in [0, 0.05) is 7.05 Å². The third kappa shape index (κ3) is 2.32. The molecule has 0 unspecified atom stereocenters. The molecule has 0 aliphatic heterocycles. The van der Waals surface area contributed by atoms with E-state index >= 15 is 0 Å². The van der Waals surface area contributed by atoms with Crippen molar-refractivity contribution in [3.63, 3.8) is 0 Å². The maximum atomic E-state index is 11.2. The van der Waals surface area contributed by atoms with Gasteiger partial charge in [-0.2, -0.15) is 9.61 Å². The molecule has 3 aromatic heterocycles. The summed E-state index contributed by atoms with van der Waals surface area (Å²) in [6, 6.07) is 7.48. The first-order valence-electron chi connectivity index (χ1n) is 5.99. The molecule has 2 amide bonds. The molecule has 0 saturated carbocycles. The summed E-state index contributed by atoms with van der Waals surface area (Å²) in [6.07, 6.45) is 0. The Bertz CT molecular complexity index is 736. The van der Waals surface area contributed by atoms with Crippen molar-refractivity contribution in [1.29, 1.82) is 0 Å². The highest BCUT2D eigenvalue weighted by Gasteiger charge is 2.09. The summed E-state index contributed by atoms with van der Waals surface area (Å²) in [5.41, 5.74) is 1.51. The minimum Gasteiger partial charge on any atom is -0.341 e. The van der Waals surface area contributed by atoms with Crippen molar-refractivity contribution in [2.75, 3.05) is 7.05 Å². The number of fused-ring (bicyclic) bond motifs is 1. The quantitative estimate of drug-likeness (QED) is 0.760. The maximum Gasteiger partial charge on any atom is 0.314 e. The van der Waals surface area contributed by atoms with E-state index in [4.69, 9.17) is 0 Å². The van der Waals surface area contributed by atoms with Gasteiger partial charge in [-0.25, -0.2) is 4.79 Å². The molecule has 7 nitrogen and oxygen atoms in total. The lowest BCUT2D eigenvalue weighted by molar-refractivity contribution is 0.242. The fourth-order valence-electron chi connectivity index (χ4n) is 1.75. The number of hydrogen-bond donors (Lipinski definition) is 2. The summed E-state index contributed by atoms with van der Waals surface area (Å²) in [4.78, 5) is 12.3. The molecule has 0 spiro atoms. The van der Waals surface area contributed by atoms with Crippen LogP contribution >= 0.6 is 11.3 Å². The molecule has 8 heteroatoms. The summed E-state index contributed by atoms with van der Waals surface area (Å²) in [7, 11) is 1.56. The van der Waals surface area contributed by atoms with Crippen LogP contribution in [0.2, 0.25) is 0 Å². The van der Waals surface area contributed by atoms with Gasteiger partial charge in [0.25, 0.3) is 0 Å². The maximum absolute atomic E-state index is 11.2. The number of nitrogens with one attached hydrogen (secondary N) is 2. The third-order valence-corrected chi connectivity index (χ3v) is 3.63. The lowest BCUT2D eigenvalue weighted by Crippen LogP contribution is -2.32. The van der Waals surface area contributed by atoms with E-state index in [9.17, 15) is 4.79 Å². The number of urea groups is 1. The fourth-order valence-corrected chi connectivity index (χ4v) is 2.44. The lowest BCUT2D eigenvalue weighted by atomic mass is 10.3. The minimum atomic E-state index is -0.267. The molecule has 0 aliphatic carbocycles.